The van der Waals surface area contributed by atoms with Crippen molar-refractivity contribution in [1.82, 2.24) is 20.0 Å². The molecule has 102 valence electrons. The van der Waals surface area contributed by atoms with E-state index in [1.54, 1.807) is 30.1 Å². The Morgan fingerprint density at radius 3 is 2.58 bits per heavy atom. The second kappa shape index (κ2) is 4.96. The zero-order valence-corrected chi connectivity index (χ0v) is 11.8. The number of sulfonamides is 1. The zero-order valence-electron chi connectivity index (χ0n) is 11.0. The third kappa shape index (κ3) is 3.28. The molecule has 7 nitrogen and oxygen atoms in total. The molecule has 0 aromatic carbocycles. The third-order valence-corrected chi connectivity index (χ3v) is 3.06. The molecule has 2 aromatic rings. The summed E-state index contributed by atoms with van der Waals surface area (Å²) in [7, 11) is -1.53. The molecule has 1 N–H and O–H groups in total. The molecule has 19 heavy (non-hydrogen) atoms. The third-order valence-electron chi connectivity index (χ3n) is 2.47. The van der Waals surface area contributed by atoms with Gasteiger partial charge in [-0.3, -0.25) is 9.40 Å². The number of nitrogens with zero attached hydrogens (tertiary/aromatic N) is 4. The van der Waals surface area contributed by atoms with Crippen LogP contribution in [0.4, 0.5) is 5.69 Å². The van der Waals surface area contributed by atoms with Crippen LogP contribution in [-0.2, 0) is 23.5 Å². The largest absolute Gasteiger partial charge is 0.282 e. The normalized spacial score (nSPS) is 11.5. The molecule has 0 aliphatic rings. The topological polar surface area (TPSA) is 89.8 Å². The number of aromatic nitrogens is 4. The minimum Gasteiger partial charge on any atom is -0.282 e. The van der Waals surface area contributed by atoms with Gasteiger partial charge in [-0.1, -0.05) is 12.1 Å². The van der Waals surface area contributed by atoms with Crippen LogP contribution in [0.1, 0.15) is 12.6 Å². The highest BCUT2D eigenvalue weighted by Gasteiger charge is 2.11. The van der Waals surface area contributed by atoms with Gasteiger partial charge >= 0.3 is 0 Å². The van der Waals surface area contributed by atoms with Gasteiger partial charge in [-0.05, 0) is 18.6 Å². The van der Waals surface area contributed by atoms with E-state index in [4.69, 9.17) is 0 Å². The molecule has 0 aliphatic heterocycles. The van der Waals surface area contributed by atoms with Gasteiger partial charge in [0.05, 0.1) is 29.5 Å². The van der Waals surface area contributed by atoms with Crippen molar-refractivity contribution in [2.45, 2.75) is 13.3 Å². The molecule has 8 heteroatoms. The zero-order chi connectivity index (χ0) is 14.0. The summed E-state index contributed by atoms with van der Waals surface area (Å²) in [5.41, 5.74) is 2.50. The first-order chi connectivity index (χ1) is 8.89. The molecular weight excluding hydrogens is 266 g/mol. The fraction of sp³-hybridized carbons (Fsp3) is 0.364. The fourth-order valence-electron chi connectivity index (χ4n) is 1.67. The highest BCUT2D eigenvalue weighted by atomic mass is 32.2. The van der Waals surface area contributed by atoms with E-state index in [9.17, 15) is 8.42 Å². The Morgan fingerprint density at radius 2 is 2.05 bits per heavy atom. The van der Waals surface area contributed by atoms with Crippen molar-refractivity contribution in [3.63, 3.8) is 0 Å². The first-order valence-electron chi connectivity index (χ1n) is 5.73. The minimum atomic E-state index is -3.31. The molecule has 0 aliphatic carbocycles. The predicted molar refractivity (Wildman–Crippen MR) is 72.1 cm³/mol. The van der Waals surface area contributed by atoms with Crippen molar-refractivity contribution in [3.8, 4) is 11.4 Å². The van der Waals surface area contributed by atoms with Crippen LogP contribution >= 0.6 is 0 Å². The number of pyridine rings is 1. The van der Waals surface area contributed by atoms with Gasteiger partial charge in [0, 0.05) is 7.05 Å². The fourth-order valence-corrected chi connectivity index (χ4v) is 2.26. The summed E-state index contributed by atoms with van der Waals surface area (Å²) in [5.74, 6) is 0. The van der Waals surface area contributed by atoms with Crippen molar-refractivity contribution in [2.24, 2.45) is 7.05 Å². The van der Waals surface area contributed by atoms with Crippen LogP contribution in [-0.4, -0.2) is 34.7 Å². The smallest absolute Gasteiger partial charge is 0.229 e. The SMILES string of the molecule is CCc1nc(-c2cn(C)nn2)ccc1NS(C)(=O)=O. The second-order valence-corrected chi connectivity index (χ2v) is 5.94. The van der Waals surface area contributed by atoms with E-state index < -0.39 is 10.0 Å². The molecule has 2 heterocycles. The van der Waals surface area contributed by atoms with Crippen molar-refractivity contribution in [1.29, 1.82) is 0 Å². The number of nitrogens with one attached hydrogen (secondary N) is 1. The lowest BCUT2D eigenvalue weighted by Gasteiger charge is -2.09. The van der Waals surface area contributed by atoms with Crippen LogP contribution in [0.2, 0.25) is 0 Å². The molecule has 2 rings (SSSR count). The summed E-state index contributed by atoms with van der Waals surface area (Å²) in [6.45, 7) is 1.91. The Hall–Kier alpha value is -1.96. The summed E-state index contributed by atoms with van der Waals surface area (Å²) in [6.07, 6.45) is 3.49. The number of aryl methyl sites for hydroxylation is 2. The van der Waals surface area contributed by atoms with Gasteiger partial charge in [0.1, 0.15) is 5.69 Å². The standard InChI is InChI=1S/C11H15N5O2S/c1-4-8-10(14-19(3,17)18)6-5-9(12-8)11-7-16(2)15-13-11/h5-7,14H,4H2,1-3H3. The average molecular weight is 281 g/mol. The number of rotatable bonds is 4. The van der Waals surface area contributed by atoms with Crippen LogP contribution in [0.25, 0.3) is 11.4 Å². The molecule has 0 bridgehead atoms. The average Bonchev–Trinajstić information content (AvgIpc) is 2.74. The first-order valence-corrected chi connectivity index (χ1v) is 7.62. The Bertz CT molecular complexity index is 693. The minimum absolute atomic E-state index is 0.498. The van der Waals surface area contributed by atoms with E-state index in [0.29, 0.717) is 29.2 Å². The summed E-state index contributed by atoms with van der Waals surface area (Å²) in [5, 5.41) is 7.82. The molecule has 0 saturated heterocycles. The monoisotopic (exact) mass is 281 g/mol. The van der Waals surface area contributed by atoms with Gasteiger partial charge in [0.25, 0.3) is 0 Å². The van der Waals surface area contributed by atoms with Gasteiger partial charge in [-0.15, -0.1) is 5.10 Å². The Kier molecular flexibility index (Phi) is 3.52. The summed E-state index contributed by atoms with van der Waals surface area (Å²) in [6, 6.07) is 3.41. The molecule has 0 amide bonds. The molecule has 0 unspecified atom stereocenters. The summed E-state index contributed by atoms with van der Waals surface area (Å²) < 4.78 is 26.6. The van der Waals surface area contributed by atoms with Gasteiger partial charge in [0.2, 0.25) is 10.0 Å². The predicted octanol–water partition coefficient (Wildman–Crippen LogP) is 0.811. The molecule has 0 fully saturated rings. The number of hydrogen-bond donors (Lipinski definition) is 1. The van der Waals surface area contributed by atoms with Crippen LogP contribution in [0.3, 0.4) is 0 Å². The first kappa shape index (κ1) is 13.5. The molecule has 0 atom stereocenters. The molecule has 2 aromatic heterocycles. The molecule has 0 spiro atoms. The second-order valence-electron chi connectivity index (χ2n) is 4.20. The van der Waals surface area contributed by atoms with Gasteiger partial charge in [0.15, 0.2) is 0 Å². The Labute approximate surface area is 111 Å². The molecule has 0 radical (unpaired) electrons. The van der Waals surface area contributed by atoms with Gasteiger partial charge < -0.3 is 0 Å². The van der Waals surface area contributed by atoms with Crippen molar-refractivity contribution < 1.29 is 8.42 Å². The highest BCUT2D eigenvalue weighted by molar-refractivity contribution is 7.92. The molecule has 0 saturated carbocycles. The quantitative estimate of drug-likeness (QED) is 0.895. The van der Waals surface area contributed by atoms with Crippen molar-refractivity contribution >= 4 is 15.7 Å². The van der Waals surface area contributed by atoms with E-state index in [-0.39, 0.29) is 0 Å². The number of hydrogen-bond acceptors (Lipinski definition) is 5. The lowest BCUT2D eigenvalue weighted by Crippen LogP contribution is -2.12. The van der Waals surface area contributed by atoms with Crippen molar-refractivity contribution in [3.05, 3.63) is 24.0 Å². The van der Waals surface area contributed by atoms with Gasteiger partial charge in [-0.25, -0.2) is 13.4 Å². The Balaban J connectivity index is 2.41. The van der Waals surface area contributed by atoms with Crippen LogP contribution in [0.15, 0.2) is 18.3 Å². The highest BCUT2D eigenvalue weighted by Crippen LogP contribution is 2.21. The van der Waals surface area contributed by atoms with E-state index in [2.05, 4.69) is 20.0 Å². The van der Waals surface area contributed by atoms with E-state index in [1.807, 2.05) is 6.92 Å². The van der Waals surface area contributed by atoms with Crippen LogP contribution < -0.4 is 4.72 Å². The summed E-state index contributed by atoms with van der Waals surface area (Å²) >= 11 is 0. The maximum Gasteiger partial charge on any atom is 0.229 e. The Morgan fingerprint density at radius 1 is 1.32 bits per heavy atom. The maximum atomic E-state index is 11.3. The maximum absolute atomic E-state index is 11.3. The van der Waals surface area contributed by atoms with Crippen molar-refractivity contribution in [2.75, 3.05) is 11.0 Å². The van der Waals surface area contributed by atoms with E-state index >= 15 is 0 Å². The van der Waals surface area contributed by atoms with Gasteiger partial charge in [-0.2, -0.15) is 0 Å². The molecular formula is C11H15N5O2S. The van der Waals surface area contributed by atoms with E-state index in [1.165, 1.54) is 0 Å². The van der Waals surface area contributed by atoms with Crippen LogP contribution in [0, 0.1) is 0 Å². The van der Waals surface area contributed by atoms with Crippen LogP contribution in [0.5, 0.6) is 0 Å². The number of anilines is 1. The summed E-state index contributed by atoms with van der Waals surface area (Å²) in [4.78, 5) is 4.42. The lowest BCUT2D eigenvalue weighted by atomic mass is 10.2. The lowest BCUT2D eigenvalue weighted by molar-refractivity contribution is 0.606. The van der Waals surface area contributed by atoms with E-state index in [0.717, 1.165) is 6.26 Å².